The van der Waals surface area contributed by atoms with Crippen molar-refractivity contribution in [2.24, 2.45) is 0 Å². The minimum atomic E-state index is -1.83. The van der Waals surface area contributed by atoms with Gasteiger partial charge in [0.1, 0.15) is 22.9 Å². The summed E-state index contributed by atoms with van der Waals surface area (Å²) in [5.74, 6) is -0.759. The van der Waals surface area contributed by atoms with Gasteiger partial charge in [0.15, 0.2) is 5.78 Å². The molecule has 1 atom stereocenters. The molecular formula is C16H16N2O4. The summed E-state index contributed by atoms with van der Waals surface area (Å²) in [6, 6.07) is 2.59. The second-order valence-corrected chi connectivity index (χ2v) is 5.41. The number of aromatic hydroxyl groups is 1. The van der Waals surface area contributed by atoms with Gasteiger partial charge in [0.25, 0.3) is 5.56 Å². The number of aryl methyl sites for hydroxylation is 1. The molecular weight excluding hydrogens is 284 g/mol. The molecule has 0 amide bonds. The molecule has 3 rings (SSSR count). The molecule has 1 aliphatic carbocycles. The first-order valence-corrected chi connectivity index (χ1v) is 7.11. The Morgan fingerprint density at radius 2 is 2.14 bits per heavy atom. The van der Waals surface area contributed by atoms with Crippen LogP contribution in [0.3, 0.4) is 0 Å². The van der Waals surface area contributed by atoms with Crippen LogP contribution in [-0.2, 0) is 9.59 Å². The topological polar surface area (TPSA) is 89.3 Å². The molecule has 0 bridgehead atoms. The van der Waals surface area contributed by atoms with E-state index in [1.165, 1.54) is 25.1 Å². The second-order valence-electron chi connectivity index (χ2n) is 5.41. The zero-order chi connectivity index (χ0) is 16.8. The van der Waals surface area contributed by atoms with E-state index in [4.69, 9.17) is 1.37 Å². The maximum absolute atomic E-state index is 12.8. The number of carbonyl (C=O) groups excluding carboxylic acids is 2. The van der Waals surface area contributed by atoms with Gasteiger partial charge < -0.3 is 5.11 Å². The highest BCUT2D eigenvalue weighted by molar-refractivity contribution is 6.01. The third kappa shape index (κ3) is 2.30. The summed E-state index contributed by atoms with van der Waals surface area (Å²) < 4.78 is 9.62. The summed E-state index contributed by atoms with van der Waals surface area (Å²) in [6.45, 7) is 1.52. The third-order valence-electron chi connectivity index (χ3n) is 3.86. The fraction of sp³-hybridized carbons (Fsp3) is 0.375. The van der Waals surface area contributed by atoms with Crippen molar-refractivity contribution < 1.29 is 16.1 Å². The Morgan fingerprint density at radius 1 is 1.36 bits per heavy atom. The number of hydrogen-bond acceptors (Lipinski definition) is 5. The fourth-order valence-electron chi connectivity index (χ4n) is 2.82. The van der Waals surface area contributed by atoms with Crippen LogP contribution in [0.15, 0.2) is 23.0 Å². The van der Waals surface area contributed by atoms with E-state index >= 15 is 0 Å². The maximum atomic E-state index is 12.8. The van der Waals surface area contributed by atoms with Crippen molar-refractivity contribution in [1.82, 2.24) is 9.55 Å². The number of nitrogens with zero attached hydrogens (tertiary/aromatic N) is 2. The second kappa shape index (κ2) is 5.36. The number of carbonyl (C=O) groups is 2. The average Bonchev–Trinajstić information content (AvgIpc) is 2.60. The molecule has 1 aliphatic rings. The van der Waals surface area contributed by atoms with E-state index in [9.17, 15) is 19.5 Å². The summed E-state index contributed by atoms with van der Waals surface area (Å²) in [5.41, 5.74) is -0.409. The molecule has 1 heterocycles. The van der Waals surface area contributed by atoms with E-state index in [1.54, 1.807) is 0 Å². The predicted octanol–water partition coefficient (Wildman–Crippen LogP) is 1.66. The molecule has 6 nitrogen and oxygen atoms in total. The van der Waals surface area contributed by atoms with E-state index in [0.717, 1.165) is 4.57 Å². The van der Waals surface area contributed by atoms with Crippen LogP contribution in [0.25, 0.3) is 10.9 Å². The van der Waals surface area contributed by atoms with Crippen LogP contribution in [0, 0.1) is 6.92 Å². The lowest BCUT2D eigenvalue weighted by atomic mass is 10.1. The smallest absolute Gasteiger partial charge is 0.262 e. The first kappa shape index (κ1) is 13.2. The lowest BCUT2D eigenvalue weighted by Crippen LogP contribution is -2.32. The summed E-state index contributed by atoms with van der Waals surface area (Å²) in [6.07, 6.45) is 0.359. The molecule has 0 radical (unpaired) electrons. The molecule has 2 aromatic rings. The third-order valence-corrected chi connectivity index (χ3v) is 3.86. The molecule has 1 saturated carbocycles. The largest absolute Gasteiger partial charge is 0.506 e. The van der Waals surface area contributed by atoms with Crippen LogP contribution in [0.5, 0.6) is 5.75 Å². The van der Waals surface area contributed by atoms with Gasteiger partial charge in [0.05, 0.1) is 19.2 Å². The van der Waals surface area contributed by atoms with Crippen LogP contribution in [0.2, 0.25) is 0 Å². The normalized spacial score (nSPS) is 23.4. The Hall–Kier alpha value is -2.50. The minimum Gasteiger partial charge on any atom is -0.506 e. The van der Waals surface area contributed by atoms with Crippen molar-refractivity contribution >= 4 is 22.5 Å². The molecule has 0 unspecified atom stereocenters. The lowest BCUT2D eigenvalue weighted by molar-refractivity contribution is -0.127. The quantitative estimate of drug-likeness (QED) is 0.639. The number of phenols is 1. The van der Waals surface area contributed by atoms with Crippen LogP contribution in [0.1, 0.15) is 38.9 Å². The zero-order valence-corrected chi connectivity index (χ0v) is 12.1. The van der Waals surface area contributed by atoms with Gasteiger partial charge in [-0.2, -0.15) is 0 Å². The molecule has 1 aromatic carbocycles. The summed E-state index contributed by atoms with van der Waals surface area (Å²) in [7, 11) is 0. The highest BCUT2D eigenvalue weighted by Gasteiger charge is 2.28. The molecule has 22 heavy (non-hydrogen) atoms. The van der Waals surface area contributed by atoms with Gasteiger partial charge in [-0.15, -0.1) is 0 Å². The maximum Gasteiger partial charge on any atom is 0.262 e. The molecule has 6 heteroatoms. The molecule has 1 aromatic heterocycles. The number of fused-ring (bicyclic) bond motifs is 1. The Balaban J connectivity index is 2.29. The van der Waals surface area contributed by atoms with Gasteiger partial charge in [0.2, 0.25) is 0 Å². The molecule has 114 valence electrons. The molecule has 1 N–H and O–H groups in total. The minimum absolute atomic E-state index is 0.0876. The number of aromatic nitrogens is 2. The number of rotatable bonds is 1. The molecule has 0 spiro atoms. The van der Waals surface area contributed by atoms with Gasteiger partial charge in [-0.3, -0.25) is 19.0 Å². The zero-order valence-electron chi connectivity index (χ0n) is 13.1. The highest BCUT2D eigenvalue weighted by Crippen LogP contribution is 2.25. The summed E-state index contributed by atoms with van der Waals surface area (Å²) in [4.78, 5) is 41.0. The SMILES string of the molecule is [2H][C@]1(n2c(C)nc3c(O)cccc3c2=O)CCCC(=O)CC1=O. The Bertz CT molecular complexity index is 890. The first-order chi connectivity index (χ1) is 10.8. The van der Waals surface area contributed by atoms with Crippen LogP contribution in [-0.4, -0.2) is 26.2 Å². The van der Waals surface area contributed by atoms with Crippen molar-refractivity contribution in [2.75, 3.05) is 0 Å². The monoisotopic (exact) mass is 301 g/mol. The number of ketones is 2. The van der Waals surface area contributed by atoms with Gasteiger partial charge >= 0.3 is 0 Å². The standard InChI is InChI=1S/C16H16N2O4/c1-9-17-15-11(5-3-7-13(15)20)16(22)18(9)12-6-2-4-10(19)8-14(12)21/h3,5,7,12,20H,2,4,6,8H2,1H3/t12-/m0/s1/i12D. The molecule has 0 aliphatic heterocycles. The predicted molar refractivity (Wildman–Crippen MR) is 79.9 cm³/mol. The van der Waals surface area contributed by atoms with Crippen molar-refractivity contribution in [3.63, 3.8) is 0 Å². The number of phenolic OH excluding ortho intramolecular Hbond substituents is 1. The first-order valence-electron chi connectivity index (χ1n) is 7.61. The van der Waals surface area contributed by atoms with Crippen molar-refractivity contribution in [1.29, 1.82) is 0 Å². The average molecular weight is 301 g/mol. The number of Topliss-reactive ketones (excluding diaryl/α,β-unsaturated/α-hetero) is 2. The van der Waals surface area contributed by atoms with E-state index < -0.39 is 17.4 Å². The molecule has 1 fully saturated rings. The van der Waals surface area contributed by atoms with Crippen molar-refractivity contribution in [2.45, 2.75) is 38.6 Å². The Kier molecular flexibility index (Phi) is 3.21. The van der Waals surface area contributed by atoms with E-state index in [2.05, 4.69) is 4.98 Å². The summed E-state index contributed by atoms with van der Waals surface area (Å²) >= 11 is 0. The number of para-hydroxylation sites is 1. The lowest BCUT2D eigenvalue weighted by Gasteiger charge is -2.19. The number of benzene rings is 1. The van der Waals surface area contributed by atoms with Crippen LogP contribution >= 0.6 is 0 Å². The fourth-order valence-corrected chi connectivity index (χ4v) is 2.82. The number of hydrogen-bond donors (Lipinski definition) is 1. The van der Waals surface area contributed by atoms with E-state index in [1.807, 2.05) is 0 Å². The summed E-state index contributed by atoms with van der Waals surface area (Å²) in [5, 5.41) is 9.99. The molecule has 0 saturated heterocycles. The van der Waals surface area contributed by atoms with E-state index in [0.29, 0.717) is 6.42 Å². The van der Waals surface area contributed by atoms with Crippen LogP contribution < -0.4 is 5.56 Å². The van der Waals surface area contributed by atoms with Gasteiger partial charge in [-0.05, 0) is 31.9 Å². The van der Waals surface area contributed by atoms with Crippen molar-refractivity contribution in [3.8, 4) is 5.75 Å². The van der Waals surface area contributed by atoms with Gasteiger partial charge in [-0.1, -0.05) is 6.07 Å². The van der Waals surface area contributed by atoms with Gasteiger partial charge in [0, 0.05) is 6.42 Å². The van der Waals surface area contributed by atoms with Crippen LogP contribution in [0.4, 0.5) is 0 Å². The van der Waals surface area contributed by atoms with Gasteiger partial charge in [-0.25, -0.2) is 4.98 Å². The van der Waals surface area contributed by atoms with Crippen molar-refractivity contribution in [3.05, 3.63) is 34.4 Å². The van der Waals surface area contributed by atoms with E-state index in [-0.39, 0.29) is 47.5 Å². The highest BCUT2D eigenvalue weighted by atomic mass is 16.3. The Labute approximate surface area is 127 Å². The Morgan fingerprint density at radius 3 is 2.91 bits per heavy atom.